The van der Waals surface area contributed by atoms with Gasteiger partial charge in [-0.25, -0.2) is 9.97 Å². The molecule has 2 saturated heterocycles. The van der Waals surface area contributed by atoms with Crippen LogP contribution in [0.2, 0.25) is 0 Å². The summed E-state index contributed by atoms with van der Waals surface area (Å²) < 4.78 is 0. The fraction of sp³-hybridized carbons (Fsp3) is 0.647. The van der Waals surface area contributed by atoms with E-state index in [1.165, 1.54) is 18.2 Å². The van der Waals surface area contributed by atoms with Crippen LogP contribution in [0.5, 0.6) is 0 Å². The molecule has 1 amide bonds. The predicted molar refractivity (Wildman–Crippen MR) is 93.9 cm³/mol. The zero-order valence-corrected chi connectivity index (χ0v) is 14.9. The van der Waals surface area contributed by atoms with Gasteiger partial charge in [0.2, 0.25) is 5.91 Å². The highest BCUT2D eigenvalue weighted by molar-refractivity contribution is 7.98. The van der Waals surface area contributed by atoms with Gasteiger partial charge in [-0.2, -0.15) is 5.26 Å². The molecular formula is C17H23N5OS. The summed E-state index contributed by atoms with van der Waals surface area (Å²) in [5, 5.41) is 10.0. The number of aromatic nitrogens is 2. The van der Waals surface area contributed by atoms with Crippen molar-refractivity contribution >= 4 is 23.5 Å². The summed E-state index contributed by atoms with van der Waals surface area (Å²) in [5.74, 6) is 0.959. The van der Waals surface area contributed by atoms with Crippen molar-refractivity contribution in [3.05, 3.63) is 11.8 Å². The highest BCUT2D eigenvalue weighted by atomic mass is 32.2. The minimum absolute atomic E-state index is 0.0103. The lowest BCUT2D eigenvalue weighted by Crippen LogP contribution is -2.46. The van der Waals surface area contributed by atoms with E-state index in [0.717, 1.165) is 45.3 Å². The first kappa shape index (κ1) is 17.0. The predicted octanol–water partition coefficient (Wildman–Crippen LogP) is 2.30. The molecule has 6 nitrogen and oxygen atoms in total. The molecule has 2 aliphatic heterocycles. The molecule has 2 fully saturated rings. The molecule has 0 saturated carbocycles. The molecule has 24 heavy (non-hydrogen) atoms. The van der Waals surface area contributed by atoms with E-state index in [9.17, 15) is 10.1 Å². The van der Waals surface area contributed by atoms with Gasteiger partial charge >= 0.3 is 0 Å². The number of nitriles is 1. The maximum absolute atomic E-state index is 12.8. The monoisotopic (exact) mass is 345 g/mol. The van der Waals surface area contributed by atoms with E-state index in [1.807, 2.05) is 11.2 Å². The van der Waals surface area contributed by atoms with E-state index in [1.54, 1.807) is 6.20 Å². The molecule has 3 rings (SSSR count). The third kappa shape index (κ3) is 3.64. The lowest BCUT2D eigenvalue weighted by Gasteiger charge is -2.37. The first-order valence-electron chi connectivity index (χ1n) is 8.58. The lowest BCUT2D eigenvalue weighted by atomic mass is 9.95. The van der Waals surface area contributed by atoms with Gasteiger partial charge in [0, 0.05) is 26.2 Å². The molecule has 0 N–H and O–H groups in total. The number of anilines is 1. The second kappa shape index (κ2) is 7.84. The van der Waals surface area contributed by atoms with Crippen LogP contribution in [0.4, 0.5) is 5.82 Å². The van der Waals surface area contributed by atoms with E-state index in [2.05, 4.69) is 20.9 Å². The van der Waals surface area contributed by atoms with Gasteiger partial charge in [0.25, 0.3) is 0 Å². The molecule has 1 atom stereocenters. The molecule has 1 aromatic rings. The molecule has 1 aromatic heterocycles. The van der Waals surface area contributed by atoms with Crippen molar-refractivity contribution in [1.29, 1.82) is 5.26 Å². The first-order chi connectivity index (χ1) is 11.7. The number of rotatable bonds is 3. The summed E-state index contributed by atoms with van der Waals surface area (Å²) in [6, 6.07) is 2.18. The fourth-order valence-corrected chi connectivity index (χ4v) is 3.85. The summed E-state index contributed by atoms with van der Waals surface area (Å²) >= 11 is 1.46. The molecular weight excluding hydrogens is 322 g/mol. The number of amides is 1. The Hall–Kier alpha value is -1.81. The Bertz CT molecular complexity index is 638. The second-order valence-electron chi connectivity index (χ2n) is 6.38. The number of thioether (sulfide) groups is 1. The van der Waals surface area contributed by atoms with Gasteiger partial charge < -0.3 is 9.80 Å². The fourth-order valence-electron chi connectivity index (χ4n) is 3.52. The number of hydrogen-bond donors (Lipinski definition) is 0. The summed E-state index contributed by atoms with van der Waals surface area (Å²) in [5.41, 5.74) is 0.485. The molecule has 1 unspecified atom stereocenters. The second-order valence-corrected chi connectivity index (χ2v) is 7.15. The van der Waals surface area contributed by atoms with E-state index in [4.69, 9.17) is 0 Å². The quantitative estimate of drug-likeness (QED) is 0.618. The Labute approximate surface area is 147 Å². The number of nitrogens with zero attached hydrogens (tertiary/aromatic N) is 5. The van der Waals surface area contributed by atoms with Crippen LogP contribution < -0.4 is 4.90 Å². The summed E-state index contributed by atoms with van der Waals surface area (Å²) in [6.07, 6.45) is 8.84. The normalized spacial score (nSPS) is 21.4. The Balaban J connectivity index is 1.76. The minimum Gasteiger partial charge on any atom is -0.355 e. The van der Waals surface area contributed by atoms with Crippen LogP contribution in [0, 0.1) is 17.2 Å². The molecule has 128 valence electrons. The molecule has 0 aliphatic carbocycles. The summed E-state index contributed by atoms with van der Waals surface area (Å²) in [6.45, 7) is 3.27. The zero-order valence-electron chi connectivity index (χ0n) is 14.1. The Morgan fingerprint density at radius 1 is 1.29 bits per heavy atom. The van der Waals surface area contributed by atoms with Crippen molar-refractivity contribution in [3.8, 4) is 6.07 Å². The minimum atomic E-state index is 0.0103. The van der Waals surface area contributed by atoms with Crippen LogP contribution in [-0.2, 0) is 4.79 Å². The van der Waals surface area contributed by atoms with E-state index in [0.29, 0.717) is 23.1 Å². The molecule has 7 heteroatoms. The van der Waals surface area contributed by atoms with Gasteiger partial charge in [-0.3, -0.25) is 4.79 Å². The van der Waals surface area contributed by atoms with Gasteiger partial charge in [0.05, 0.1) is 12.1 Å². The lowest BCUT2D eigenvalue weighted by molar-refractivity contribution is -0.136. The third-order valence-corrected chi connectivity index (χ3v) is 5.35. The van der Waals surface area contributed by atoms with Crippen molar-refractivity contribution in [2.24, 2.45) is 5.92 Å². The van der Waals surface area contributed by atoms with E-state index in [-0.39, 0.29) is 11.8 Å². The van der Waals surface area contributed by atoms with Crippen LogP contribution in [0.15, 0.2) is 11.4 Å². The highest BCUT2D eigenvalue weighted by Crippen LogP contribution is 2.27. The largest absolute Gasteiger partial charge is 0.355 e. The van der Waals surface area contributed by atoms with Gasteiger partial charge in [-0.05, 0) is 38.4 Å². The molecule has 0 aromatic carbocycles. The topological polar surface area (TPSA) is 73.1 Å². The summed E-state index contributed by atoms with van der Waals surface area (Å²) in [7, 11) is 0. The number of carbonyl (C=O) groups is 1. The SMILES string of the molecule is CSc1ncc(C#N)c(N2CCCC(C(=O)N3CCCCC3)C2)n1. The maximum Gasteiger partial charge on any atom is 0.227 e. The van der Waals surface area contributed by atoms with Gasteiger partial charge in [0.15, 0.2) is 11.0 Å². The van der Waals surface area contributed by atoms with Crippen molar-refractivity contribution in [2.75, 3.05) is 37.3 Å². The number of hydrogen-bond acceptors (Lipinski definition) is 6. The number of likely N-dealkylation sites (tertiary alicyclic amines) is 1. The Morgan fingerprint density at radius 2 is 2.08 bits per heavy atom. The van der Waals surface area contributed by atoms with Crippen molar-refractivity contribution < 1.29 is 4.79 Å². The van der Waals surface area contributed by atoms with Crippen LogP contribution >= 0.6 is 11.8 Å². The highest BCUT2D eigenvalue weighted by Gasteiger charge is 2.31. The van der Waals surface area contributed by atoms with Crippen LogP contribution in [0.1, 0.15) is 37.7 Å². The van der Waals surface area contributed by atoms with Crippen LogP contribution in [0.3, 0.4) is 0 Å². The zero-order chi connectivity index (χ0) is 16.9. The van der Waals surface area contributed by atoms with E-state index < -0.39 is 0 Å². The van der Waals surface area contributed by atoms with Gasteiger partial charge in [-0.15, -0.1) is 0 Å². The van der Waals surface area contributed by atoms with Crippen molar-refractivity contribution in [1.82, 2.24) is 14.9 Å². The number of carbonyl (C=O) groups excluding carboxylic acids is 1. The molecule has 0 spiro atoms. The van der Waals surface area contributed by atoms with Crippen LogP contribution in [0.25, 0.3) is 0 Å². The van der Waals surface area contributed by atoms with Gasteiger partial charge in [-0.1, -0.05) is 11.8 Å². The third-order valence-electron chi connectivity index (χ3n) is 4.79. The average molecular weight is 345 g/mol. The average Bonchev–Trinajstić information content (AvgIpc) is 2.67. The molecule has 3 heterocycles. The first-order valence-corrected chi connectivity index (χ1v) is 9.80. The Kier molecular flexibility index (Phi) is 5.56. The molecule has 0 bridgehead atoms. The molecule has 0 radical (unpaired) electrons. The van der Waals surface area contributed by atoms with Crippen molar-refractivity contribution in [2.45, 2.75) is 37.3 Å². The molecule has 2 aliphatic rings. The van der Waals surface area contributed by atoms with Crippen molar-refractivity contribution in [3.63, 3.8) is 0 Å². The standard InChI is InChI=1S/C17H23N5OS/c1-24-17-19-11-14(10-18)15(20-17)22-9-5-6-13(12-22)16(23)21-7-3-2-4-8-21/h11,13H,2-9,12H2,1H3. The summed E-state index contributed by atoms with van der Waals surface area (Å²) in [4.78, 5) is 25.6. The Morgan fingerprint density at radius 3 is 2.79 bits per heavy atom. The van der Waals surface area contributed by atoms with Gasteiger partial charge in [0.1, 0.15) is 11.6 Å². The smallest absolute Gasteiger partial charge is 0.227 e. The number of piperidine rings is 2. The van der Waals surface area contributed by atoms with Crippen LogP contribution in [-0.4, -0.2) is 53.2 Å². The van der Waals surface area contributed by atoms with E-state index >= 15 is 0 Å². The maximum atomic E-state index is 12.8.